The van der Waals surface area contributed by atoms with Gasteiger partial charge in [0.15, 0.2) is 17.4 Å². The Kier molecular flexibility index (Phi) is 6.88. The summed E-state index contributed by atoms with van der Waals surface area (Å²) in [5.41, 5.74) is 2.34. The highest BCUT2D eigenvalue weighted by Crippen LogP contribution is 2.32. The average Bonchev–Trinajstić information content (AvgIpc) is 2.84. The van der Waals surface area contributed by atoms with E-state index in [1.807, 2.05) is 18.3 Å². The Morgan fingerprint density at radius 1 is 1.06 bits per heavy atom. The van der Waals surface area contributed by atoms with Gasteiger partial charge in [0.2, 0.25) is 0 Å². The molecule has 0 saturated carbocycles. The van der Waals surface area contributed by atoms with Crippen LogP contribution in [0.3, 0.4) is 0 Å². The van der Waals surface area contributed by atoms with Gasteiger partial charge in [0.05, 0.1) is 13.3 Å². The second kappa shape index (κ2) is 9.98. The number of piperidine rings is 1. The zero-order valence-electron chi connectivity index (χ0n) is 19.5. The molecule has 0 aliphatic carbocycles. The van der Waals surface area contributed by atoms with Crippen molar-refractivity contribution in [3.63, 3.8) is 0 Å². The molecule has 0 amide bonds. The lowest BCUT2D eigenvalue weighted by molar-refractivity contribution is 0.395. The summed E-state index contributed by atoms with van der Waals surface area (Å²) in [7, 11) is 3.79. The van der Waals surface area contributed by atoms with Crippen LogP contribution in [0.15, 0.2) is 54.9 Å². The van der Waals surface area contributed by atoms with Gasteiger partial charge in [0, 0.05) is 38.4 Å². The lowest BCUT2D eigenvalue weighted by Gasteiger charge is -2.35. The van der Waals surface area contributed by atoms with E-state index in [-0.39, 0.29) is 0 Å². The van der Waals surface area contributed by atoms with E-state index in [0.29, 0.717) is 17.6 Å². The van der Waals surface area contributed by atoms with Crippen LogP contribution in [0.5, 0.6) is 5.75 Å². The molecule has 1 aliphatic heterocycles. The maximum absolute atomic E-state index is 5.62. The summed E-state index contributed by atoms with van der Waals surface area (Å²) in [5.74, 6) is 4.40. The Balaban J connectivity index is 1.49. The number of anilines is 2. The Hall–Kier alpha value is -3.15. The maximum atomic E-state index is 5.62. The SMILES string of the molecule is COc1cnc(-c2ccccc2C(C)C)nc1N(C)CC1CCN(c2ccccn2)CC1. The Morgan fingerprint density at radius 3 is 2.50 bits per heavy atom. The van der Waals surface area contributed by atoms with Crippen molar-refractivity contribution in [1.82, 2.24) is 15.0 Å². The van der Waals surface area contributed by atoms with Crippen LogP contribution in [0.2, 0.25) is 0 Å². The number of pyridine rings is 1. The lowest BCUT2D eigenvalue weighted by atomic mass is 9.96. The molecule has 1 saturated heterocycles. The molecule has 2 aromatic heterocycles. The third-order valence-electron chi connectivity index (χ3n) is 6.26. The second-order valence-corrected chi connectivity index (χ2v) is 8.83. The fourth-order valence-electron chi connectivity index (χ4n) is 4.47. The normalized spacial score (nSPS) is 14.6. The van der Waals surface area contributed by atoms with E-state index in [9.17, 15) is 0 Å². The maximum Gasteiger partial charge on any atom is 0.179 e. The molecule has 0 spiro atoms. The molecule has 0 bridgehead atoms. The number of hydrogen-bond acceptors (Lipinski definition) is 6. The first-order valence-corrected chi connectivity index (χ1v) is 11.4. The molecule has 1 fully saturated rings. The van der Waals surface area contributed by atoms with E-state index in [1.165, 1.54) is 5.56 Å². The van der Waals surface area contributed by atoms with Gasteiger partial charge < -0.3 is 14.5 Å². The molecule has 4 rings (SSSR count). The molecule has 32 heavy (non-hydrogen) atoms. The van der Waals surface area contributed by atoms with Gasteiger partial charge in [-0.05, 0) is 42.4 Å². The summed E-state index contributed by atoms with van der Waals surface area (Å²) in [6.45, 7) is 7.40. The van der Waals surface area contributed by atoms with Crippen LogP contribution in [-0.2, 0) is 0 Å². The van der Waals surface area contributed by atoms with Crippen molar-refractivity contribution in [3.8, 4) is 17.1 Å². The van der Waals surface area contributed by atoms with Crippen LogP contribution in [0.4, 0.5) is 11.6 Å². The molecular formula is C26H33N5O. The van der Waals surface area contributed by atoms with Gasteiger partial charge in [0.1, 0.15) is 5.82 Å². The first-order chi connectivity index (χ1) is 15.6. The highest BCUT2D eigenvalue weighted by Gasteiger charge is 2.23. The number of rotatable bonds is 7. The number of hydrogen-bond donors (Lipinski definition) is 0. The minimum atomic E-state index is 0.405. The summed E-state index contributed by atoms with van der Waals surface area (Å²) in [5, 5.41) is 0. The summed E-state index contributed by atoms with van der Waals surface area (Å²) >= 11 is 0. The average molecular weight is 432 g/mol. The number of ether oxygens (including phenoxy) is 1. The molecule has 0 radical (unpaired) electrons. The molecule has 0 N–H and O–H groups in total. The molecular weight excluding hydrogens is 398 g/mol. The van der Waals surface area contributed by atoms with E-state index in [4.69, 9.17) is 9.72 Å². The predicted octanol–water partition coefficient (Wildman–Crippen LogP) is 5.02. The van der Waals surface area contributed by atoms with Crippen LogP contribution >= 0.6 is 0 Å². The molecule has 1 aliphatic rings. The topological polar surface area (TPSA) is 54.4 Å². The quantitative estimate of drug-likeness (QED) is 0.523. The monoisotopic (exact) mass is 431 g/mol. The van der Waals surface area contributed by atoms with Gasteiger partial charge in [-0.2, -0.15) is 0 Å². The minimum Gasteiger partial charge on any atom is -0.491 e. The zero-order valence-corrected chi connectivity index (χ0v) is 19.5. The van der Waals surface area contributed by atoms with Gasteiger partial charge in [-0.25, -0.2) is 15.0 Å². The van der Waals surface area contributed by atoms with E-state index >= 15 is 0 Å². The van der Waals surface area contributed by atoms with Crippen LogP contribution in [0.1, 0.15) is 38.2 Å². The summed E-state index contributed by atoms with van der Waals surface area (Å²) in [6, 6.07) is 14.5. The Labute approximate surface area is 191 Å². The molecule has 6 nitrogen and oxygen atoms in total. The van der Waals surface area contributed by atoms with Crippen LogP contribution in [0, 0.1) is 5.92 Å². The first kappa shape index (κ1) is 22.1. The Morgan fingerprint density at radius 2 is 1.81 bits per heavy atom. The van der Waals surface area contributed by atoms with Gasteiger partial charge in [-0.3, -0.25) is 0 Å². The van der Waals surface area contributed by atoms with Crippen LogP contribution in [-0.4, -0.2) is 48.7 Å². The summed E-state index contributed by atoms with van der Waals surface area (Å²) in [6.07, 6.45) is 5.94. The van der Waals surface area contributed by atoms with Gasteiger partial charge in [-0.1, -0.05) is 44.2 Å². The third kappa shape index (κ3) is 4.85. The molecule has 1 aromatic carbocycles. The molecule has 3 heterocycles. The highest BCUT2D eigenvalue weighted by molar-refractivity contribution is 5.64. The number of nitrogens with zero attached hydrogens (tertiary/aromatic N) is 5. The molecule has 6 heteroatoms. The van der Waals surface area contributed by atoms with Crippen molar-refractivity contribution in [2.75, 3.05) is 43.6 Å². The van der Waals surface area contributed by atoms with Crippen molar-refractivity contribution in [1.29, 1.82) is 0 Å². The van der Waals surface area contributed by atoms with Crippen molar-refractivity contribution in [2.45, 2.75) is 32.6 Å². The molecule has 0 atom stereocenters. The predicted molar refractivity (Wildman–Crippen MR) is 131 cm³/mol. The molecule has 168 valence electrons. The number of aromatic nitrogens is 3. The van der Waals surface area contributed by atoms with Crippen molar-refractivity contribution < 1.29 is 4.74 Å². The lowest BCUT2D eigenvalue weighted by Crippen LogP contribution is -2.38. The fourth-order valence-corrected chi connectivity index (χ4v) is 4.47. The van der Waals surface area contributed by atoms with E-state index in [0.717, 1.165) is 55.5 Å². The van der Waals surface area contributed by atoms with Crippen molar-refractivity contribution in [2.24, 2.45) is 5.92 Å². The minimum absolute atomic E-state index is 0.405. The zero-order chi connectivity index (χ0) is 22.5. The standard InChI is InChI=1S/C26H33N5O/c1-19(2)21-9-5-6-10-22(21)25-28-17-23(32-4)26(29-25)30(3)18-20-12-15-31(16-13-20)24-11-7-8-14-27-24/h5-11,14,17,19-20H,12-13,15-16,18H2,1-4H3. The van der Waals surface area contributed by atoms with Crippen molar-refractivity contribution >= 4 is 11.6 Å². The number of methoxy groups -OCH3 is 1. The molecule has 0 unspecified atom stereocenters. The van der Waals surface area contributed by atoms with Gasteiger partial charge in [-0.15, -0.1) is 0 Å². The summed E-state index contributed by atoms with van der Waals surface area (Å²) in [4.78, 5) is 18.7. The van der Waals surface area contributed by atoms with E-state index in [1.54, 1.807) is 13.3 Å². The first-order valence-electron chi connectivity index (χ1n) is 11.4. The number of benzene rings is 1. The van der Waals surface area contributed by atoms with E-state index < -0.39 is 0 Å². The highest BCUT2D eigenvalue weighted by atomic mass is 16.5. The smallest absolute Gasteiger partial charge is 0.179 e. The second-order valence-electron chi connectivity index (χ2n) is 8.83. The van der Waals surface area contributed by atoms with Crippen molar-refractivity contribution in [3.05, 3.63) is 60.4 Å². The van der Waals surface area contributed by atoms with Gasteiger partial charge >= 0.3 is 0 Å². The summed E-state index contributed by atoms with van der Waals surface area (Å²) < 4.78 is 5.62. The third-order valence-corrected chi connectivity index (χ3v) is 6.26. The van der Waals surface area contributed by atoms with Crippen LogP contribution in [0.25, 0.3) is 11.4 Å². The van der Waals surface area contributed by atoms with Gasteiger partial charge in [0.25, 0.3) is 0 Å². The van der Waals surface area contributed by atoms with E-state index in [2.05, 4.69) is 71.0 Å². The Bertz CT molecular complexity index is 1020. The molecule has 3 aromatic rings. The largest absolute Gasteiger partial charge is 0.491 e. The van der Waals surface area contributed by atoms with Crippen LogP contribution < -0.4 is 14.5 Å². The fraction of sp³-hybridized carbons (Fsp3) is 0.423.